The minimum Gasteiger partial charge on any atom is -0.267 e. The fraction of sp³-hybridized carbons (Fsp3) is 0.143. The number of aliphatic imine (C=N–C) groups is 1. The Hall–Kier alpha value is -2.66. The first-order valence-electron chi connectivity index (χ1n) is 8.31. The summed E-state index contributed by atoms with van der Waals surface area (Å²) >= 11 is 3.46. The van der Waals surface area contributed by atoms with Crippen LogP contribution in [0.4, 0.5) is 5.69 Å². The summed E-state index contributed by atoms with van der Waals surface area (Å²) in [6, 6.07) is 17.2. The van der Waals surface area contributed by atoms with Crippen molar-refractivity contribution in [3.05, 3.63) is 87.1 Å². The molecule has 1 amide bonds. The average Bonchev–Trinajstić information content (AvgIpc) is 2.89. The lowest BCUT2D eigenvalue weighted by Gasteiger charge is -2.11. The van der Waals surface area contributed by atoms with Crippen molar-refractivity contribution in [1.82, 2.24) is 4.68 Å². The summed E-state index contributed by atoms with van der Waals surface area (Å²) in [6.45, 7) is 5.95. The van der Waals surface area contributed by atoms with E-state index in [0.29, 0.717) is 5.56 Å². The Balaban J connectivity index is 1.84. The fourth-order valence-corrected chi connectivity index (χ4v) is 3.22. The quantitative estimate of drug-likeness (QED) is 0.582. The molecule has 0 atom stereocenters. The summed E-state index contributed by atoms with van der Waals surface area (Å²) in [5, 5.41) is 0. The minimum atomic E-state index is -0.139. The first-order chi connectivity index (χ1) is 12.5. The van der Waals surface area contributed by atoms with Crippen LogP contribution >= 0.6 is 15.9 Å². The van der Waals surface area contributed by atoms with E-state index in [4.69, 9.17) is 0 Å². The molecule has 3 rings (SSSR count). The van der Waals surface area contributed by atoms with Crippen molar-refractivity contribution in [1.29, 1.82) is 0 Å². The molecule has 0 saturated carbocycles. The van der Waals surface area contributed by atoms with Gasteiger partial charge in [0.2, 0.25) is 0 Å². The van der Waals surface area contributed by atoms with Crippen molar-refractivity contribution in [2.45, 2.75) is 20.8 Å². The number of benzene rings is 2. The highest BCUT2D eigenvalue weighted by molar-refractivity contribution is 9.10. The Labute approximate surface area is 161 Å². The molecular weight excluding hydrogens is 390 g/mol. The molecule has 3 aromatic rings. The van der Waals surface area contributed by atoms with Crippen LogP contribution in [0.15, 0.2) is 64.1 Å². The van der Waals surface area contributed by atoms with Gasteiger partial charge in [-0.2, -0.15) is 0 Å². The van der Waals surface area contributed by atoms with Crippen molar-refractivity contribution < 1.29 is 4.79 Å². The first kappa shape index (κ1) is 18.1. The normalized spacial score (nSPS) is 11.1. The number of halogens is 1. The van der Waals surface area contributed by atoms with Gasteiger partial charge in [0, 0.05) is 33.2 Å². The van der Waals surface area contributed by atoms with Gasteiger partial charge in [0.05, 0.1) is 5.69 Å². The molecule has 0 fully saturated rings. The summed E-state index contributed by atoms with van der Waals surface area (Å²) in [4.78, 5) is 17.0. The molecule has 5 heteroatoms. The van der Waals surface area contributed by atoms with Gasteiger partial charge in [0.15, 0.2) is 0 Å². The lowest BCUT2D eigenvalue weighted by atomic mass is 10.2. The van der Waals surface area contributed by atoms with Gasteiger partial charge >= 0.3 is 0 Å². The van der Waals surface area contributed by atoms with Gasteiger partial charge in [0.1, 0.15) is 0 Å². The second-order valence-electron chi connectivity index (χ2n) is 6.16. The molecule has 0 bridgehead atoms. The Morgan fingerprint density at radius 3 is 2.50 bits per heavy atom. The smallest absolute Gasteiger partial charge is 0.267 e. The van der Waals surface area contributed by atoms with Crippen LogP contribution in [0.2, 0.25) is 0 Å². The van der Waals surface area contributed by atoms with E-state index in [1.165, 1.54) is 0 Å². The zero-order valence-electron chi connectivity index (χ0n) is 15.0. The van der Waals surface area contributed by atoms with Gasteiger partial charge in [-0.05, 0) is 62.7 Å². The maximum atomic E-state index is 12.4. The number of carbonyl (C=O) groups is 1. The molecule has 26 heavy (non-hydrogen) atoms. The Morgan fingerprint density at radius 2 is 1.81 bits per heavy atom. The van der Waals surface area contributed by atoms with Gasteiger partial charge < -0.3 is 0 Å². The Kier molecular flexibility index (Phi) is 5.38. The Morgan fingerprint density at radius 1 is 1.08 bits per heavy atom. The number of rotatable bonds is 4. The number of aryl methyl sites for hydroxylation is 2. The van der Waals surface area contributed by atoms with Crippen LogP contribution in [0.1, 0.15) is 32.9 Å². The molecule has 132 valence electrons. The van der Waals surface area contributed by atoms with E-state index in [0.717, 1.165) is 32.7 Å². The van der Waals surface area contributed by atoms with Gasteiger partial charge in [-0.25, -0.2) is 0 Å². The predicted octanol–water partition coefficient (Wildman–Crippen LogP) is 5.31. The standard InChI is InChI=1S/C21H20BrN3O/c1-14-11-19(22)9-10-20(14)23-13-18-12-15(2)25(16(18)3)24-21(26)17-7-5-4-6-8-17/h4-13H,1-3H3,(H,24,26). The second-order valence-corrected chi connectivity index (χ2v) is 7.07. The molecule has 0 spiro atoms. The van der Waals surface area contributed by atoms with Gasteiger partial charge in [-0.1, -0.05) is 34.1 Å². The number of amides is 1. The van der Waals surface area contributed by atoms with Gasteiger partial charge in [-0.15, -0.1) is 0 Å². The van der Waals surface area contributed by atoms with Gasteiger partial charge in [0.25, 0.3) is 5.91 Å². The molecule has 0 aliphatic rings. The van der Waals surface area contributed by atoms with Crippen LogP contribution in [0, 0.1) is 20.8 Å². The number of carbonyl (C=O) groups excluding carboxylic acids is 1. The average molecular weight is 410 g/mol. The molecule has 0 saturated heterocycles. The summed E-state index contributed by atoms with van der Waals surface area (Å²) in [5.41, 5.74) is 8.44. The third-order valence-electron chi connectivity index (χ3n) is 4.22. The van der Waals surface area contributed by atoms with Crippen LogP contribution in [-0.2, 0) is 0 Å². The van der Waals surface area contributed by atoms with E-state index in [2.05, 4.69) is 26.3 Å². The number of hydrogen-bond acceptors (Lipinski definition) is 2. The number of hydrogen-bond donors (Lipinski definition) is 1. The van der Waals surface area contributed by atoms with E-state index < -0.39 is 0 Å². The topological polar surface area (TPSA) is 46.4 Å². The molecular formula is C21H20BrN3O. The van der Waals surface area contributed by atoms with Crippen LogP contribution in [0.5, 0.6) is 0 Å². The van der Waals surface area contributed by atoms with E-state index in [-0.39, 0.29) is 5.91 Å². The van der Waals surface area contributed by atoms with Crippen molar-refractivity contribution in [3.8, 4) is 0 Å². The highest BCUT2D eigenvalue weighted by Gasteiger charge is 2.11. The van der Waals surface area contributed by atoms with Crippen molar-refractivity contribution in [2.24, 2.45) is 4.99 Å². The second kappa shape index (κ2) is 7.70. The molecule has 0 radical (unpaired) electrons. The largest absolute Gasteiger partial charge is 0.270 e. The number of aromatic nitrogens is 1. The third kappa shape index (κ3) is 3.94. The van der Waals surface area contributed by atoms with Crippen LogP contribution < -0.4 is 5.43 Å². The lowest BCUT2D eigenvalue weighted by Crippen LogP contribution is -2.24. The highest BCUT2D eigenvalue weighted by atomic mass is 79.9. The van der Waals surface area contributed by atoms with E-state index in [9.17, 15) is 4.79 Å². The third-order valence-corrected chi connectivity index (χ3v) is 4.71. The maximum Gasteiger partial charge on any atom is 0.270 e. The predicted molar refractivity (Wildman–Crippen MR) is 110 cm³/mol. The van der Waals surface area contributed by atoms with Crippen LogP contribution in [-0.4, -0.2) is 16.8 Å². The van der Waals surface area contributed by atoms with E-state index >= 15 is 0 Å². The molecule has 1 aromatic heterocycles. The van der Waals surface area contributed by atoms with E-state index in [1.807, 2.05) is 69.5 Å². The maximum absolute atomic E-state index is 12.4. The molecule has 0 aliphatic carbocycles. The zero-order chi connectivity index (χ0) is 18.7. The van der Waals surface area contributed by atoms with Crippen molar-refractivity contribution >= 4 is 33.7 Å². The van der Waals surface area contributed by atoms with Crippen molar-refractivity contribution in [2.75, 3.05) is 5.43 Å². The summed E-state index contributed by atoms with van der Waals surface area (Å²) < 4.78 is 2.83. The fourth-order valence-electron chi connectivity index (χ4n) is 2.75. The molecule has 0 unspecified atom stereocenters. The lowest BCUT2D eigenvalue weighted by molar-refractivity contribution is 0.101. The minimum absolute atomic E-state index is 0.139. The van der Waals surface area contributed by atoms with E-state index in [1.54, 1.807) is 16.8 Å². The molecule has 0 aliphatic heterocycles. The number of nitrogens with one attached hydrogen (secondary N) is 1. The molecule has 1 heterocycles. The van der Waals surface area contributed by atoms with Crippen LogP contribution in [0.3, 0.4) is 0 Å². The SMILES string of the molecule is Cc1cc(Br)ccc1N=Cc1cc(C)n(NC(=O)c2ccccc2)c1C. The van der Waals surface area contributed by atoms with Crippen molar-refractivity contribution in [3.63, 3.8) is 0 Å². The monoisotopic (exact) mass is 409 g/mol. The molecule has 2 aromatic carbocycles. The molecule has 1 N–H and O–H groups in total. The summed E-state index contributed by atoms with van der Waals surface area (Å²) in [5.74, 6) is -0.139. The molecule has 4 nitrogen and oxygen atoms in total. The van der Waals surface area contributed by atoms with Gasteiger partial charge in [-0.3, -0.25) is 19.9 Å². The summed E-state index contributed by atoms with van der Waals surface area (Å²) in [7, 11) is 0. The highest BCUT2D eigenvalue weighted by Crippen LogP contribution is 2.23. The Bertz CT molecular complexity index is 974. The van der Waals surface area contributed by atoms with Crippen LogP contribution in [0.25, 0.3) is 0 Å². The first-order valence-corrected chi connectivity index (χ1v) is 9.10. The zero-order valence-corrected chi connectivity index (χ0v) is 16.5. The summed E-state index contributed by atoms with van der Waals surface area (Å²) in [6.07, 6.45) is 1.84. The number of nitrogens with zero attached hydrogens (tertiary/aromatic N) is 2.